The van der Waals surface area contributed by atoms with E-state index in [9.17, 15) is 4.39 Å². The Hall–Kier alpha value is -0.775. The van der Waals surface area contributed by atoms with Gasteiger partial charge < -0.3 is 15.2 Å². The lowest BCUT2D eigenvalue weighted by atomic mass is 9.80. The second-order valence-corrected chi connectivity index (χ2v) is 2.58. The highest BCUT2D eigenvalue weighted by atomic mass is 35.5. The molecule has 6 heteroatoms. The molecule has 0 saturated carbocycles. The van der Waals surface area contributed by atoms with Gasteiger partial charge in [0.1, 0.15) is 0 Å². The van der Waals surface area contributed by atoms with E-state index in [1.54, 1.807) is 0 Å². The molecule has 1 aromatic rings. The molecular formula is C6H5BClFO3. The summed E-state index contributed by atoms with van der Waals surface area (Å²) in [4.78, 5) is 0. The Bertz CT molecular complexity index is 305. The van der Waals surface area contributed by atoms with E-state index in [0.717, 1.165) is 6.07 Å². The van der Waals surface area contributed by atoms with Crippen molar-refractivity contribution in [1.82, 2.24) is 0 Å². The maximum Gasteiger partial charge on any atom is 0.491 e. The van der Waals surface area contributed by atoms with E-state index in [1.165, 1.54) is 6.07 Å². The van der Waals surface area contributed by atoms with Crippen LogP contribution in [0.25, 0.3) is 0 Å². The quantitative estimate of drug-likeness (QED) is 0.540. The number of hydrogen-bond acceptors (Lipinski definition) is 3. The molecule has 0 saturated heterocycles. The van der Waals surface area contributed by atoms with E-state index in [4.69, 9.17) is 26.8 Å². The van der Waals surface area contributed by atoms with E-state index in [2.05, 4.69) is 0 Å². The average molecular weight is 190 g/mol. The minimum absolute atomic E-state index is 0.170. The van der Waals surface area contributed by atoms with Crippen LogP contribution in [-0.2, 0) is 0 Å². The molecule has 0 fully saturated rings. The summed E-state index contributed by atoms with van der Waals surface area (Å²) in [6, 6.07) is 2.26. The fraction of sp³-hybridized carbons (Fsp3) is 0. The summed E-state index contributed by atoms with van der Waals surface area (Å²) >= 11 is 5.34. The first-order valence-corrected chi connectivity index (χ1v) is 3.45. The van der Waals surface area contributed by atoms with Gasteiger partial charge in [0, 0.05) is 5.46 Å². The number of phenolic OH excluding ortho intramolecular Hbond substituents is 1. The third-order valence-electron chi connectivity index (χ3n) is 1.37. The molecule has 0 aliphatic rings. The van der Waals surface area contributed by atoms with Gasteiger partial charge in [0.05, 0.1) is 5.02 Å². The Morgan fingerprint density at radius 3 is 2.42 bits per heavy atom. The first-order valence-electron chi connectivity index (χ1n) is 3.07. The summed E-state index contributed by atoms with van der Waals surface area (Å²) < 4.78 is 12.9. The van der Waals surface area contributed by atoms with E-state index < -0.39 is 24.1 Å². The Morgan fingerprint density at radius 1 is 1.33 bits per heavy atom. The summed E-state index contributed by atoms with van der Waals surface area (Å²) in [5.41, 5.74) is -0.406. The van der Waals surface area contributed by atoms with Crippen LogP contribution < -0.4 is 5.46 Å². The maximum absolute atomic E-state index is 12.9. The highest BCUT2D eigenvalue weighted by Gasteiger charge is 2.20. The molecule has 0 amide bonds. The third-order valence-corrected chi connectivity index (χ3v) is 1.68. The first-order chi connectivity index (χ1) is 5.54. The highest BCUT2D eigenvalue weighted by molar-refractivity contribution is 6.58. The summed E-state index contributed by atoms with van der Waals surface area (Å²) in [5.74, 6) is -1.89. The van der Waals surface area contributed by atoms with Crippen LogP contribution in [0.15, 0.2) is 12.1 Å². The maximum atomic E-state index is 12.9. The largest absolute Gasteiger partial charge is 0.504 e. The molecule has 0 heterocycles. The molecule has 0 spiro atoms. The van der Waals surface area contributed by atoms with Crippen molar-refractivity contribution in [3.05, 3.63) is 23.0 Å². The Kier molecular flexibility index (Phi) is 2.57. The van der Waals surface area contributed by atoms with Crippen LogP contribution in [-0.4, -0.2) is 22.3 Å². The van der Waals surface area contributed by atoms with Gasteiger partial charge in [0.2, 0.25) is 0 Å². The number of phenols is 1. The van der Waals surface area contributed by atoms with Gasteiger partial charge >= 0.3 is 7.12 Å². The van der Waals surface area contributed by atoms with Crippen molar-refractivity contribution in [3.63, 3.8) is 0 Å². The van der Waals surface area contributed by atoms with Gasteiger partial charge in [-0.15, -0.1) is 0 Å². The number of halogens is 2. The van der Waals surface area contributed by atoms with Gasteiger partial charge in [-0.1, -0.05) is 17.7 Å². The van der Waals surface area contributed by atoms with Crippen molar-refractivity contribution in [2.24, 2.45) is 0 Å². The van der Waals surface area contributed by atoms with Gasteiger partial charge in [0.25, 0.3) is 0 Å². The topological polar surface area (TPSA) is 60.7 Å². The minimum atomic E-state index is -1.95. The highest BCUT2D eigenvalue weighted by Crippen LogP contribution is 2.24. The van der Waals surface area contributed by atoms with Crippen molar-refractivity contribution >= 4 is 24.2 Å². The molecule has 1 rings (SSSR count). The molecule has 12 heavy (non-hydrogen) atoms. The summed E-state index contributed by atoms with van der Waals surface area (Å²) in [5, 5.41) is 25.9. The molecule has 0 aliphatic heterocycles. The molecule has 0 atom stereocenters. The molecule has 3 nitrogen and oxygen atoms in total. The predicted molar refractivity (Wildman–Crippen MR) is 42.9 cm³/mol. The van der Waals surface area contributed by atoms with Crippen molar-refractivity contribution in [2.45, 2.75) is 0 Å². The van der Waals surface area contributed by atoms with Crippen LogP contribution >= 0.6 is 11.6 Å². The fourth-order valence-electron chi connectivity index (χ4n) is 0.756. The van der Waals surface area contributed by atoms with Gasteiger partial charge in [-0.3, -0.25) is 0 Å². The predicted octanol–water partition coefficient (Wildman–Crippen LogP) is -0.136. The standard InChI is InChI=1S/C6H5BClFO3/c8-4-2-1-3(7(11)12)5(9)6(4)10/h1-2,10-12H. The lowest BCUT2D eigenvalue weighted by Crippen LogP contribution is -2.32. The number of aromatic hydroxyl groups is 1. The van der Waals surface area contributed by atoms with Gasteiger partial charge in [-0.2, -0.15) is 0 Å². The summed E-state index contributed by atoms with van der Waals surface area (Å²) in [7, 11) is -1.95. The minimum Gasteiger partial charge on any atom is -0.504 e. The fourth-order valence-corrected chi connectivity index (χ4v) is 0.902. The monoisotopic (exact) mass is 190 g/mol. The van der Waals surface area contributed by atoms with Crippen LogP contribution in [0.2, 0.25) is 5.02 Å². The Morgan fingerprint density at radius 2 is 1.92 bits per heavy atom. The average Bonchev–Trinajstić information content (AvgIpc) is 2.00. The van der Waals surface area contributed by atoms with Gasteiger partial charge in [-0.25, -0.2) is 4.39 Å². The van der Waals surface area contributed by atoms with Crippen molar-refractivity contribution < 1.29 is 19.5 Å². The molecule has 3 N–H and O–H groups in total. The van der Waals surface area contributed by atoms with Crippen molar-refractivity contribution in [3.8, 4) is 5.75 Å². The zero-order valence-corrected chi connectivity index (χ0v) is 6.59. The third kappa shape index (κ3) is 1.53. The zero-order chi connectivity index (χ0) is 9.30. The molecule has 0 aromatic heterocycles. The molecule has 64 valence electrons. The van der Waals surface area contributed by atoms with Crippen LogP contribution in [0.1, 0.15) is 0 Å². The summed E-state index contributed by atoms with van der Waals surface area (Å²) in [6.45, 7) is 0. The van der Waals surface area contributed by atoms with E-state index in [1.807, 2.05) is 0 Å². The lowest BCUT2D eigenvalue weighted by molar-refractivity contribution is 0.413. The molecule has 0 radical (unpaired) electrons. The Balaban J connectivity index is 3.27. The molecule has 0 unspecified atom stereocenters. The van der Waals surface area contributed by atoms with Crippen molar-refractivity contribution in [1.29, 1.82) is 0 Å². The van der Waals surface area contributed by atoms with Crippen LogP contribution in [0.4, 0.5) is 4.39 Å². The second kappa shape index (κ2) is 3.31. The number of rotatable bonds is 1. The number of hydrogen-bond donors (Lipinski definition) is 3. The van der Waals surface area contributed by atoms with Crippen LogP contribution in [0, 0.1) is 5.82 Å². The second-order valence-electron chi connectivity index (χ2n) is 2.17. The van der Waals surface area contributed by atoms with E-state index >= 15 is 0 Å². The van der Waals surface area contributed by atoms with Crippen LogP contribution in [0.3, 0.4) is 0 Å². The van der Waals surface area contributed by atoms with Crippen LogP contribution in [0.5, 0.6) is 5.75 Å². The lowest BCUT2D eigenvalue weighted by Gasteiger charge is -2.03. The van der Waals surface area contributed by atoms with Gasteiger partial charge in [0.15, 0.2) is 11.6 Å². The normalized spacial score (nSPS) is 10.0. The van der Waals surface area contributed by atoms with Crippen molar-refractivity contribution in [2.75, 3.05) is 0 Å². The van der Waals surface area contributed by atoms with Gasteiger partial charge in [-0.05, 0) is 6.07 Å². The van der Waals surface area contributed by atoms with E-state index in [-0.39, 0.29) is 5.02 Å². The first kappa shape index (κ1) is 9.31. The Labute approximate surface area is 73.2 Å². The zero-order valence-electron chi connectivity index (χ0n) is 5.83. The SMILES string of the molecule is OB(O)c1ccc(Cl)c(O)c1F. The number of benzene rings is 1. The molecule has 0 aliphatic carbocycles. The molecule has 1 aromatic carbocycles. The molecule has 0 bridgehead atoms. The van der Waals surface area contributed by atoms with E-state index in [0.29, 0.717) is 0 Å². The smallest absolute Gasteiger partial charge is 0.491 e. The summed E-state index contributed by atoms with van der Waals surface area (Å²) in [6.07, 6.45) is 0. The molecular weight excluding hydrogens is 185 g/mol.